The van der Waals surface area contributed by atoms with Crippen LogP contribution in [0, 0.1) is 5.41 Å². The lowest BCUT2D eigenvalue weighted by atomic mass is 9.71. The first-order valence-electron chi connectivity index (χ1n) is 8.70. The molecule has 3 amide bonds. The summed E-state index contributed by atoms with van der Waals surface area (Å²) in [5.41, 5.74) is 4.56. The van der Waals surface area contributed by atoms with E-state index in [9.17, 15) is 19.5 Å². The number of nitrogens with zero attached hydrogens (tertiary/aromatic N) is 1. The number of hydrogen-bond acceptors (Lipinski definition) is 5. The molecule has 0 aliphatic carbocycles. The van der Waals surface area contributed by atoms with E-state index in [2.05, 4.69) is 5.32 Å². The van der Waals surface area contributed by atoms with Crippen molar-refractivity contribution in [2.24, 2.45) is 11.1 Å². The van der Waals surface area contributed by atoms with E-state index in [1.807, 2.05) is 0 Å². The Labute approximate surface area is 151 Å². The highest BCUT2D eigenvalue weighted by Gasteiger charge is 2.50. The number of rotatable bonds is 4. The van der Waals surface area contributed by atoms with Crippen molar-refractivity contribution in [3.05, 3.63) is 29.8 Å². The fourth-order valence-corrected chi connectivity index (χ4v) is 3.68. The van der Waals surface area contributed by atoms with Crippen LogP contribution in [-0.4, -0.2) is 60.1 Å². The minimum absolute atomic E-state index is 0.166. The third-order valence-electron chi connectivity index (χ3n) is 5.18. The SMILES string of the molecule is NC(=O)c1ccccc1OCC(=O)N1CC[C@@H](O)[C@@]2(CCCNC2=O)C1. The van der Waals surface area contributed by atoms with Crippen LogP contribution in [-0.2, 0) is 9.59 Å². The molecule has 1 aromatic carbocycles. The molecule has 26 heavy (non-hydrogen) atoms. The molecule has 2 aliphatic heterocycles. The van der Waals surface area contributed by atoms with Crippen molar-refractivity contribution in [3.63, 3.8) is 0 Å². The van der Waals surface area contributed by atoms with Crippen LogP contribution in [0.3, 0.4) is 0 Å². The third kappa shape index (κ3) is 3.37. The Bertz CT molecular complexity index is 723. The molecule has 8 nitrogen and oxygen atoms in total. The van der Waals surface area contributed by atoms with E-state index in [0.717, 1.165) is 6.42 Å². The predicted octanol–water partition coefficient (Wildman–Crippen LogP) is -0.346. The lowest BCUT2D eigenvalue weighted by molar-refractivity contribution is -0.155. The van der Waals surface area contributed by atoms with Gasteiger partial charge in [-0.25, -0.2) is 0 Å². The molecule has 140 valence electrons. The smallest absolute Gasteiger partial charge is 0.260 e. The quantitative estimate of drug-likeness (QED) is 0.677. The van der Waals surface area contributed by atoms with Gasteiger partial charge in [0, 0.05) is 19.6 Å². The van der Waals surface area contributed by atoms with Gasteiger partial charge in [0.05, 0.1) is 17.1 Å². The molecule has 2 heterocycles. The van der Waals surface area contributed by atoms with E-state index < -0.39 is 17.4 Å². The highest BCUT2D eigenvalue weighted by atomic mass is 16.5. The van der Waals surface area contributed by atoms with Crippen LogP contribution in [0.15, 0.2) is 24.3 Å². The highest BCUT2D eigenvalue weighted by Crippen LogP contribution is 2.37. The number of nitrogens with two attached hydrogens (primary N) is 1. The lowest BCUT2D eigenvalue weighted by Gasteiger charge is -2.46. The molecule has 4 N–H and O–H groups in total. The minimum Gasteiger partial charge on any atom is -0.483 e. The van der Waals surface area contributed by atoms with Crippen LogP contribution < -0.4 is 15.8 Å². The van der Waals surface area contributed by atoms with E-state index in [1.165, 1.54) is 6.07 Å². The van der Waals surface area contributed by atoms with Crippen molar-refractivity contribution >= 4 is 17.7 Å². The standard InChI is InChI=1S/C18H23N3O5/c19-16(24)12-4-1-2-5-13(12)26-10-15(23)21-9-6-14(22)18(11-21)7-3-8-20-17(18)25/h1-2,4-5,14,22H,3,6-11H2,(H2,19,24)(H,20,25)/t14-,18-/m1/s1. The van der Waals surface area contributed by atoms with Crippen molar-refractivity contribution in [1.29, 1.82) is 0 Å². The predicted molar refractivity (Wildman–Crippen MR) is 92.3 cm³/mol. The van der Waals surface area contributed by atoms with Crippen LogP contribution in [0.2, 0.25) is 0 Å². The number of benzene rings is 1. The Hall–Kier alpha value is -2.61. The van der Waals surface area contributed by atoms with E-state index in [4.69, 9.17) is 10.5 Å². The first kappa shape index (κ1) is 18.2. The summed E-state index contributed by atoms with van der Waals surface area (Å²) < 4.78 is 5.49. The highest BCUT2D eigenvalue weighted by molar-refractivity contribution is 5.95. The average Bonchev–Trinajstić information content (AvgIpc) is 2.64. The monoisotopic (exact) mass is 361 g/mol. The number of carbonyl (C=O) groups is 3. The summed E-state index contributed by atoms with van der Waals surface area (Å²) in [4.78, 5) is 37.9. The number of amides is 3. The van der Waals surface area contributed by atoms with E-state index >= 15 is 0 Å². The topological polar surface area (TPSA) is 122 Å². The molecule has 2 saturated heterocycles. The van der Waals surface area contributed by atoms with E-state index in [-0.39, 0.29) is 36.3 Å². The van der Waals surface area contributed by atoms with Gasteiger partial charge in [-0.1, -0.05) is 12.1 Å². The summed E-state index contributed by atoms with van der Waals surface area (Å²) >= 11 is 0. The lowest BCUT2D eigenvalue weighted by Crippen LogP contribution is -2.62. The number of primary amides is 1. The van der Waals surface area contributed by atoms with Crippen molar-refractivity contribution in [2.75, 3.05) is 26.2 Å². The second-order valence-electron chi connectivity index (χ2n) is 6.78. The molecule has 0 aromatic heterocycles. The molecule has 0 saturated carbocycles. The van der Waals surface area contributed by atoms with Gasteiger partial charge in [-0.05, 0) is 31.4 Å². The molecular formula is C18H23N3O5. The number of para-hydroxylation sites is 1. The number of ether oxygens (including phenoxy) is 1. The molecule has 3 rings (SSSR count). The first-order chi connectivity index (χ1) is 12.4. The summed E-state index contributed by atoms with van der Waals surface area (Å²) in [5, 5.41) is 13.2. The first-order valence-corrected chi connectivity index (χ1v) is 8.70. The molecule has 1 spiro atoms. The third-order valence-corrected chi connectivity index (χ3v) is 5.18. The van der Waals surface area contributed by atoms with Crippen LogP contribution in [0.5, 0.6) is 5.75 Å². The fraction of sp³-hybridized carbons (Fsp3) is 0.500. The number of carbonyl (C=O) groups excluding carboxylic acids is 3. The van der Waals surface area contributed by atoms with Gasteiger partial charge in [0.2, 0.25) is 5.91 Å². The Morgan fingerprint density at radius 2 is 2.15 bits per heavy atom. The number of likely N-dealkylation sites (tertiary alicyclic amines) is 1. The molecule has 2 atom stereocenters. The van der Waals surface area contributed by atoms with Crippen molar-refractivity contribution in [3.8, 4) is 5.75 Å². The summed E-state index contributed by atoms with van der Waals surface area (Å²) in [7, 11) is 0. The van der Waals surface area contributed by atoms with Gasteiger partial charge in [0.15, 0.2) is 6.61 Å². The molecule has 0 radical (unpaired) electrons. The van der Waals surface area contributed by atoms with Gasteiger partial charge in [-0.3, -0.25) is 14.4 Å². The molecular weight excluding hydrogens is 338 g/mol. The summed E-state index contributed by atoms with van der Waals surface area (Å²) in [6.45, 7) is 0.849. The Morgan fingerprint density at radius 3 is 2.88 bits per heavy atom. The van der Waals surface area contributed by atoms with Gasteiger partial charge < -0.3 is 25.8 Å². The van der Waals surface area contributed by atoms with Crippen molar-refractivity contribution in [2.45, 2.75) is 25.4 Å². The maximum absolute atomic E-state index is 12.6. The minimum atomic E-state index is -0.947. The number of hydrogen-bond donors (Lipinski definition) is 3. The van der Waals surface area contributed by atoms with Gasteiger partial charge in [-0.15, -0.1) is 0 Å². The van der Waals surface area contributed by atoms with Crippen LogP contribution >= 0.6 is 0 Å². The Balaban J connectivity index is 1.67. The van der Waals surface area contributed by atoms with Crippen molar-refractivity contribution in [1.82, 2.24) is 10.2 Å². The van der Waals surface area contributed by atoms with Crippen LogP contribution in [0.4, 0.5) is 0 Å². The number of piperidine rings is 2. The fourth-order valence-electron chi connectivity index (χ4n) is 3.68. The largest absolute Gasteiger partial charge is 0.483 e. The maximum atomic E-state index is 12.6. The zero-order valence-electron chi connectivity index (χ0n) is 14.4. The van der Waals surface area contributed by atoms with E-state index in [1.54, 1.807) is 23.1 Å². The molecule has 0 bridgehead atoms. The Morgan fingerprint density at radius 1 is 1.38 bits per heavy atom. The molecule has 2 fully saturated rings. The molecule has 1 aromatic rings. The maximum Gasteiger partial charge on any atom is 0.260 e. The van der Waals surface area contributed by atoms with Crippen LogP contribution in [0.25, 0.3) is 0 Å². The van der Waals surface area contributed by atoms with Gasteiger partial charge in [0.25, 0.3) is 11.8 Å². The zero-order chi connectivity index (χ0) is 18.7. The molecule has 8 heteroatoms. The average molecular weight is 361 g/mol. The van der Waals surface area contributed by atoms with Gasteiger partial charge >= 0.3 is 0 Å². The molecule has 0 unspecified atom stereocenters. The molecule has 2 aliphatic rings. The van der Waals surface area contributed by atoms with E-state index in [0.29, 0.717) is 25.9 Å². The zero-order valence-corrected chi connectivity index (χ0v) is 14.4. The number of aliphatic hydroxyl groups excluding tert-OH is 1. The number of nitrogens with one attached hydrogen (secondary N) is 1. The number of aliphatic hydroxyl groups is 1. The second kappa shape index (κ2) is 7.33. The van der Waals surface area contributed by atoms with Crippen LogP contribution in [0.1, 0.15) is 29.6 Å². The summed E-state index contributed by atoms with van der Waals surface area (Å²) in [5.74, 6) is -0.884. The van der Waals surface area contributed by atoms with Gasteiger partial charge in [0.1, 0.15) is 5.75 Å². The normalized spacial score (nSPS) is 25.7. The summed E-state index contributed by atoms with van der Waals surface area (Å²) in [6, 6.07) is 6.45. The van der Waals surface area contributed by atoms with Crippen molar-refractivity contribution < 1.29 is 24.2 Å². The Kier molecular flexibility index (Phi) is 5.13. The second-order valence-corrected chi connectivity index (χ2v) is 6.78. The van der Waals surface area contributed by atoms with Gasteiger partial charge in [-0.2, -0.15) is 0 Å². The summed E-state index contributed by atoms with van der Waals surface area (Å²) in [6.07, 6.45) is 0.905.